The van der Waals surface area contributed by atoms with Gasteiger partial charge in [0.2, 0.25) is 0 Å². The van der Waals surface area contributed by atoms with Gasteiger partial charge in [-0.05, 0) is 28.8 Å². The number of aldehydes is 1. The number of rotatable bonds is 4. The molecule has 19 heavy (non-hydrogen) atoms. The fourth-order valence-corrected chi connectivity index (χ4v) is 2.20. The maximum absolute atomic E-state index is 10.5. The largest absolute Gasteiger partial charge is 0.508 e. The van der Waals surface area contributed by atoms with Crippen LogP contribution in [0.15, 0.2) is 48.5 Å². The molecule has 0 spiro atoms. The minimum atomic E-state index is -0.132. The molecule has 2 aromatic carbocycles. The van der Waals surface area contributed by atoms with Crippen molar-refractivity contribution in [2.75, 3.05) is 0 Å². The van der Waals surface area contributed by atoms with Crippen LogP contribution in [0.2, 0.25) is 0 Å². The van der Waals surface area contributed by atoms with Crippen LogP contribution in [0, 0.1) is 0 Å². The number of carbonyl (C=O) groups is 1. The Kier molecular flexibility index (Phi) is 3.70. The molecule has 1 N–H and O–H groups in total. The fraction of sp³-hybridized carbons (Fsp3) is 0.235. The molecule has 0 atom stereocenters. The van der Waals surface area contributed by atoms with Crippen LogP contribution in [-0.2, 0) is 16.6 Å². The van der Waals surface area contributed by atoms with Gasteiger partial charge in [0.15, 0.2) is 0 Å². The van der Waals surface area contributed by atoms with E-state index >= 15 is 0 Å². The Morgan fingerprint density at radius 2 is 1.42 bits per heavy atom. The van der Waals surface area contributed by atoms with Crippen LogP contribution in [0.25, 0.3) is 0 Å². The van der Waals surface area contributed by atoms with Crippen LogP contribution in [0.4, 0.5) is 0 Å². The maximum Gasteiger partial charge on any atom is 0.124 e. The SMILES string of the molecule is CC(C)(c1ccc(O)cc1)c1ccc(CC=O)cc1. The number of phenols is 1. The molecule has 2 aromatic rings. The van der Waals surface area contributed by atoms with Gasteiger partial charge in [0.05, 0.1) is 0 Å². The average Bonchev–Trinajstić information content (AvgIpc) is 2.40. The zero-order chi connectivity index (χ0) is 13.9. The maximum atomic E-state index is 10.5. The molecule has 0 amide bonds. The lowest BCUT2D eigenvalue weighted by Crippen LogP contribution is -2.18. The van der Waals surface area contributed by atoms with Crippen LogP contribution in [-0.4, -0.2) is 11.4 Å². The number of hydrogen-bond donors (Lipinski definition) is 1. The van der Waals surface area contributed by atoms with E-state index in [1.54, 1.807) is 12.1 Å². The first-order chi connectivity index (χ1) is 9.04. The fourth-order valence-electron chi connectivity index (χ4n) is 2.20. The number of hydrogen-bond acceptors (Lipinski definition) is 2. The van der Waals surface area contributed by atoms with Crippen molar-refractivity contribution < 1.29 is 9.90 Å². The Bertz CT molecular complexity index is 551. The normalized spacial score (nSPS) is 11.3. The lowest BCUT2D eigenvalue weighted by Gasteiger charge is -2.26. The summed E-state index contributed by atoms with van der Waals surface area (Å²) in [7, 11) is 0. The van der Waals surface area contributed by atoms with E-state index < -0.39 is 0 Å². The minimum Gasteiger partial charge on any atom is -0.508 e. The highest BCUT2D eigenvalue weighted by Crippen LogP contribution is 2.32. The van der Waals surface area contributed by atoms with Crippen molar-refractivity contribution in [3.63, 3.8) is 0 Å². The molecule has 0 radical (unpaired) electrons. The first-order valence-corrected chi connectivity index (χ1v) is 6.36. The zero-order valence-corrected chi connectivity index (χ0v) is 11.3. The topological polar surface area (TPSA) is 37.3 Å². The first-order valence-electron chi connectivity index (χ1n) is 6.36. The van der Waals surface area contributed by atoms with Crippen LogP contribution in [0.3, 0.4) is 0 Å². The second-order valence-corrected chi connectivity index (χ2v) is 5.24. The predicted octanol–water partition coefficient (Wildman–Crippen LogP) is 3.46. The number of carbonyl (C=O) groups excluding carboxylic acids is 1. The van der Waals surface area contributed by atoms with Crippen molar-refractivity contribution in [1.29, 1.82) is 0 Å². The number of aromatic hydroxyl groups is 1. The summed E-state index contributed by atoms with van der Waals surface area (Å²) in [6.45, 7) is 4.29. The number of phenolic OH excluding ortho intramolecular Hbond substituents is 1. The Morgan fingerprint density at radius 3 is 1.89 bits per heavy atom. The summed E-state index contributed by atoms with van der Waals surface area (Å²) in [5.74, 6) is 0.279. The molecule has 0 aromatic heterocycles. The summed E-state index contributed by atoms with van der Waals surface area (Å²) in [4.78, 5) is 10.5. The lowest BCUT2D eigenvalue weighted by atomic mass is 9.78. The molecule has 0 unspecified atom stereocenters. The van der Waals surface area contributed by atoms with Gasteiger partial charge < -0.3 is 9.90 Å². The monoisotopic (exact) mass is 254 g/mol. The third kappa shape index (κ3) is 2.84. The van der Waals surface area contributed by atoms with Gasteiger partial charge >= 0.3 is 0 Å². The van der Waals surface area contributed by atoms with Gasteiger partial charge in [0, 0.05) is 11.8 Å². The Balaban J connectivity index is 2.32. The molecule has 2 nitrogen and oxygen atoms in total. The highest BCUT2D eigenvalue weighted by molar-refractivity contribution is 5.55. The minimum absolute atomic E-state index is 0.132. The summed E-state index contributed by atoms with van der Waals surface area (Å²) in [5, 5.41) is 9.36. The van der Waals surface area contributed by atoms with E-state index in [9.17, 15) is 9.90 Å². The second kappa shape index (κ2) is 5.27. The lowest BCUT2D eigenvalue weighted by molar-refractivity contribution is -0.107. The van der Waals surface area contributed by atoms with E-state index in [1.165, 1.54) is 5.56 Å². The van der Waals surface area contributed by atoms with E-state index in [1.807, 2.05) is 24.3 Å². The summed E-state index contributed by atoms with van der Waals surface area (Å²) >= 11 is 0. The van der Waals surface area contributed by atoms with Gasteiger partial charge in [-0.25, -0.2) is 0 Å². The van der Waals surface area contributed by atoms with Gasteiger partial charge in [-0.3, -0.25) is 0 Å². The van der Waals surface area contributed by atoms with E-state index in [0.717, 1.165) is 17.4 Å². The van der Waals surface area contributed by atoms with Gasteiger partial charge in [-0.2, -0.15) is 0 Å². The molecular weight excluding hydrogens is 236 g/mol. The summed E-state index contributed by atoms with van der Waals surface area (Å²) in [6.07, 6.45) is 1.38. The molecule has 0 saturated heterocycles. The van der Waals surface area contributed by atoms with Crippen molar-refractivity contribution in [3.05, 3.63) is 65.2 Å². The van der Waals surface area contributed by atoms with E-state index in [0.29, 0.717) is 6.42 Å². The molecular formula is C17H18O2. The van der Waals surface area contributed by atoms with E-state index in [-0.39, 0.29) is 11.2 Å². The summed E-state index contributed by atoms with van der Waals surface area (Å²) in [5.41, 5.74) is 3.23. The summed E-state index contributed by atoms with van der Waals surface area (Å²) in [6, 6.07) is 15.4. The molecule has 0 fully saturated rings. The highest BCUT2D eigenvalue weighted by Gasteiger charge is 2.22. The van der Waals surface area contributed by atoms with Crippen molar-refractivity contribution in [2.24, 2.45) is 0 Å². The van der Waals surface area contributed by atoms with Crippen LogP contribution in [0.1, 0.15) is 30.5 Å². The van der Waals surface area contributed by atoms with E-state index in [4.69, 9.17) is 0 Å². The zero-order valence-electron chi connectivity index (χ0n) is 11.3. The second-order valence-electron chi connectivity index (χ2n) is 5.24. The molecule has 0 saturated carbocycles. The van der Waals surface area contributed by atoms with Crippen LogP contribution >= 0.6 is 0 Å². The van der Waals surface area contributed by atoms with Gasteiger partial charge in [0.25, 0.3) is 0 Å². The molecule has 98 valence electrons. The van der Waals surface area contributed by atoms with Gasteiger partial charge in [-0.15, -0.1) is 0 Å². The first kappa shape index (κ1) is 13.3. The Labute approximate surface area is 113 Å². The Morgan fingerprint density at radius 1 is 0.947 bits per heavy atom. The predicted molar refractivity (Wildman–Crippen MR) is 76.4 cm³/mol. The molecule has 0 aliphatic carbocycles. The van der Waals surface area contributed by atoms with Gasteiger partial charge in [-0.1, -0.05) is 50.2 Å². The van der Waals surface area contributed by atoms with Crippen LogP contribution < -0.4 is 0 Å². The van der Waals surface area contributed by atoms with Crippen molar-refractivity contribution >= 4 is 6.29 Å². The Hall–Kier alpha value is -2.09. The molecule has 0 aliphatic rings. The van der Waals surface area contributed by atoms with Crippen molar-refractivity contribution in [1.82, 2.24) is 0 Å². The van der Waals surface area contributed by atoms with Gasteiger partial charge in [0.1, 0.15) is 12.0 Å². The average molecular weight is 254 g/mol. The highest BCUT2D eigenvalue weighted by atomic mass is 16.3. The smallest absolute Gasteiger partial charge is 0.124 e. The standard InChI is InChI=1S/C17H18O2/c1-17(2,15-7-9-16(19)10-8-15)14-5-3-13(4-6-14)11-12-18/h3-10,12,19H,11H2,1-2H3. The third-order valence-corrected chi connectivity index (χ3v) is 3.58. The van der Waals surface area contributed by atoms with E-state index in [2.05, 4.69) is 26.0 Å². The van der Waals surface area contributed by atoms with Crippen molar-refractivity contribution in [3.8, 4) is 5.75 Å². The molecule has 2 heteroatoms. The van der Waals surface area contributed by atoms with Crippen molar-refractivity contribution in [2.45, 2.75) is 25.7 Å². The molecule has 0 aliphatic heterocycles. The van der Waals surface area contributed by atoms with Crippen LogP contribution in [0.5, 0.6) is 5.75 Å². The summed E-state index contributed by atoms with van der Waals surface area (Å²) < 4.78 is 0. The quantitative estimate of drug-likeness (QED) is 0.848. The molecule has 0 bridgehead atoms. The number of benzene rings is 2. The molecule has 2 rings (SSSR count). The third-order valence-electron chi connectivity index (χ3n) is 3.58. The molecule has 0 heterocycles.